The van der Waals surface area contributed by atoms with E-state index in [2.05, 4.69) is 10.3 Å². The molecule has 1 fully saturated rings. The first kappa shape index (κ1) is 14.2. The number of nitro groups is 1. The normalized spacial score (nSPS) is 18.5. The van der Waals surface area contributed by atoms with Crippen molar-refractivity contribution in [2.45, 2.75) is 25.4 Å². The first-order valence-corrected chi connectivity index (χ1v) is 6.31. The van der Waals surface area contributed by atoms with E-state index in [-0.39, 0.29) is 23.2 Å². The van der Waals surface area contributed by atoms with E-state index in [1.165, 1.54) is 0 Å². The number of hydrogen-bond donors (Lipinski definition) is 2. The van der Waals surface area contributed by atoms with Crippen LogP contribution in [0.15, 0.2) is 12.3 Å². The number of rotatable bonds is 5. The van der Waals surface area contributed by atoms with E-state index in [9.17, 15) is 14.9 Å². The third kappa shape index (κ3) is 3.41. The smallest absolute Gasteiger partial charge is 0.337 e. The van der Waals surface area contributed by atoms with Crippen LogP contribution in [0.4, 0.5) is 11.5 Å². The second-order valence-electron chi connectivity index (χ2n) is 4.52. The van der Waals surface area contributed by atoms with Crippen LogP contribution in [0, 0.1) is 10.1 Å². The van der Waals surface area contributed by atoms with Crippen LogP contribution in [-0.2, 0) is 4.74 Å². The highest BCUT2D eigenvalue weighted by atomic mass is 16.6. The first-order valence-electron chi connectivity index (χ1n) is 6.31. The van der Waals surface area contributed by atoms with Gasteiger partial charge >= 0.3 is 11.7 Å². The molecule has 1 aliphatic rings. The Hall–Kier alpha value is -2.22. The van der Waals surface area contributed by atoms with Crippen LogP contribution in [0.5, 0.6) is 0 Å². The topological polar surface area (TPSA) is 115 Å². The molecule has 0 amide bonds. The van der Waals surface area contributed by atoms with Gasteiger partial charge < -0.3 is 15.2 Å². The Balaban J connectivity index is 2.09. The number of carboxylic acid groups (broad SMARTS) is 1. The lowest BCUT2D eigenvalue weighted by Gasteiger charge is -2.22. The van der Waals surface area contributed by atoms with E-state index < -0.39 is 10.9 Å². The van der Waals surface area contributed by atoms with Gasteiger partial charge in [-0.1, -0.05) is 0 Å². The summed E-state index contributed by atoms with van der Waals surface area (Å²) in [6.07, 6.45) is 4.10. The second kappa shape index (κ2) is 6.29. The molecule has 1 aromatic rings. The molecule has 0 aliphatic carbocycles. The third-order valence-electron chi connectivity index (χ3n) is 3.08. The largest absolute Gasteiger partial charge is 0.478 e. The number of aromatic carboxylic acids is 1. The standard InChI is InChI=1S/C12H15N3O5/c16-12(17)8-5-10(15(18)19)11(13-6-8)14-7-9-3-1-2-4-20-9/h5-6,9H,1-4,7H2,(H,13,14)(H,16,17). The number of nitrogens with one attached hydrogen (secondary N) is 1. The van der Waals surface area contributed by atoms with Crippen molar-refractivity contribution < 1.29 is 19.6 Å². The summed E-state index contributed by atoms with van der Waals surface area (Å²) in [7, 11) is 0. The van der Waals surface area contributed by atoms with Gasteiger partial charge in [0.15, 0.2) is 0 Å². The summed E-state index contributed by atoms with van der Waals surface area (Å²) < 4.78 is 5.51. The first-order chi connectivity index (χ1) is 9.58. The summed E-state index contributed by atoms with van der Waals surface area (Å²) in [6.45, 7) is 1.11. The summed E-state index contributed by atoms with van der Waals surface area (Å²) >= 11 is 0. The highest BCUT2D eigenvalue weighted by molar-refractivity contribution is 5.88. The van der Waals surface area contributed by atoms with Crippen molar-refractivity contribution in [1.82, 2.24) is 4.98 Å². The van der Waals surface area contributed by atoms with Crippen LogP contribution in [0.25, 0.3) is 0 Å². The van der Waals surface area contributed by atoms with E-state index in [1.807, 2.05) is 0 Å². The lowest BCUT2D eigenvalue weighted by atomic mass is 10.1. The van der Waals surface area contributed by atoms with Gasteiger partial charge in [0.1, 0.15) is 0 Å². The zero-order chi connectivity index (χ0) is 14.5. The number of nitrogens with zero attached hydrogens (tertiary/aromatic N) is 2. The molecule has 1 aliphatic heterocycles. The summed E-state index contributed by atoms with van der Waals surface area (Å²) in [5, 5.41) is 22.6. The van der Waals surface area contributed by atoms with Crippen molar-refractivity contribution in [2.75, 3.05) is 18.5 Å². The van der Waals surface area contributed by atoms with Gasteiger partial charge in [0, 0.05) is 25.4 Å². The van der Waals surface area contributed by atoms with E-state index in [4.69, 9.17) is 9.84 Å². The van der Waals surface area contributed by atoms with Crippen molar-refractivity contribution in [1.29, 1.82) is 0 Å². The summed E-state index contributed by atoms with van der Waals surface area (Å²) in [5.41, 5.74) is -0.558. The van der Waals surface area contributed by atoms with E-state index in [1.54, 1.807) is 0 Å². The van der Waals surface area contributed by atoms with Gasteiger partial charge in [-0.15, -0.1) is 0 Å². The number of carbonyl (C=O) groups is 1. The number of ether oxygens (including phenoxy) is 1. The molecule has 1 aromatic heterocycles. The molecular formula is C12H15N3O5. The Labute approximate surface area is 114 Å². The maximum Gasteiger partial charge on any atom is 0.337 e. The average molecular weight is 281 g/mol. The Kier molecular flexibility index (Phi) is 4.46. The number of aromatic nitrogens is 1. The molecule has 2 N–H and O–H groups in total. The minimum Gasteiger partial charge on any atom is -0.478 e. The van der Waals surface area contributed by atoms with Crippen LogP contribution >= 0.6 is 0 Å². The number of anilines is 1. The SMILES string of the molecule is O=C(O)c1cnc(NCC2CCCCO2)c([N+](=O)[O-])c1. The average Bonchev–Trinajstić information content (AvgIpc) is 2.45. The predicted molar refractivity (Wildman–Crippen MR) is 69.9 cm³/mol. The lowest BCUT2D eigenvalue weighted by Crippen LogP contribution is -2.27. The molecule has 2 rings (SSSR count). The zero-order valence-corrected chi connectivity index (χ0v) is 10.7. The fourth-order valence-electron chi connectivity index (χ4n) is 2.02. The van der Waals surface area contributed by atoms with Crippen LogP contribution in [0.1, 0.15) is 29.6 Å². The number of carboxylic acids is 1. The minimum absolute atomic E-state index is 0.00399. The summed E-state index contributed by atoms with van der Waals surface area (Å²) in [5.74, 6) is -1.18. The minimum atomic E-state index is -1.25. The molecule has 0 spiro atoms. The van der Waals surface area contributed by atoms with Crippen LogP contribution in [-0.4, -0.2) is 40.2 Å². The molecule has 0 radical (unpaired) electrons. The molecule has 20 heavy (non-hydrogen) atoms. The van der Waals surface area contributed by atoms with Crippen molar-refractivity contribution in [3.05, 3.63) is 27.9 Å². The summed E-state index contributed by atoms with van der Waals surface area (Å²) in [6, 6.07) is 0.999. The highest BCUT2D eigenvalue weighted by Crippen LogP contribution is 2.23. The molecule has 8 heteroatoms. The summed E-state index contributed by atoms with van der Waals surface area (Å²) in [4.78, 5) is 24.9. The lowest BCUT2D eigenvalue weighted by molar-refractivity contribution is -0.384. The van der Waals surface area contributed by atoms with E-state index in [0.717, 1.165) is 31.5 Å². The van der Waals surface area contributed by atoms with Gasteiger partial charge in [-0.25, -0.2) is 9.78 Å². The third-order valence-corrected chi connectivity index (χ3v) is 3.08. The van der Waals surface area contributed by atoms with Crippen molar-refractivity contribution in [3.63, 3.8) is 0 Å². The molecule has 0 bridgehead atoms. The quantitative estimate of drug-likeness (QED) is 0.623. The monoisotopic (exact) mass is 281 g/mol. The van der Waals surface area contributed by atoms with Gasteiger partial charge in [0.2, 0.25) is 5.82 Å². The molecule has 108 valence electrons. The zero-order valence-electron chi connectivity index (χ0n) is 10.7. The second-order valence-corrected chi connectivity index (χ2v) is 4.52. The molecule has 1 unspecified atom stereocenters. The van der Waals surface area contributed by atoms with Crippen LogP contribution in [0.3, 0.4) is 0 Å². The number of hydrogen-bond acceptors (Lipinski definition) is 6. The fourth-order valence-corrected chi connectivity index (χ4v) is 2.02. The molecule has 1 atom stereocenters. The molecule has 0 aromatic carbocycles. The molecular weight excluding hydrogens is 266 g/mol. The van der Waals surface area contributed by atoms with Crippen molar-refractivity contribution in [3.8, 4) is 0 Å². The number of pyridine rings is 1. The van der Waals surface area contributed by atoms with Gasteiger partial charge in [-0.2, -0.15) is 0 Å². The fraction of sp³-hybridized carbons (Fsp3) is 0.500. The van der Waals surface area contributed by atoms with Gasteiger partial charge in [-0.05, 0) is 19.3 Å². The molecule has 1 saturated heterocycles. The molecule has 2 heterocycles. The van der Waals surface area contributed by atoms with Crippen molar-refractivity contribution >= 4 is 17.5 Å². The Bertz CT molecular complexity index is 514. The molecule has 0 saturated carbocycles. The maximum atomic E-state index is 10.9. The van der Waals surface area contributed by atoms with Gasteiger partial charge in [0.05, 0.1) is 16.6 Å². The van der Waals surface area contributed by atoms with Crippen LogP contribution in [0.2, 0.25) is 0 Å². The van der Waals surface area contributed by atoms with Gasteiger partial charge in [-0.3, -0.25) is 10.1 Å². The molecule has 8 nitrogen and oxygen atoms in total. The maximum absolute atomic E-state index is 10.9. The highest BCUT2D eigenvalue weighted by Gasteiger charge is 2.20. The van der Waals surface area contributed by atoms with E-state index >= 15 is 0 Å². The van der Waals surface area contributed by atoms with E-state index in [0.29, 0.717) is 13.2 Å². The Morgan fingerprint density at radius 3 is 3.00 bits per heavy atom. The van der Waals surface area contributed by atoms with Gasteiger partial charge in [0.25, 0.3) is 0 Å². The van der Waals surface area contributed by atoms with Crippen LogP contribution < -0.4 is 5.32 Å². The predicted octanol–water partition coefficient (Wildman–Crippen LogP) is 1.67. The Morgan fingerprint density at radius 2 is 2.40 bits per heavy atom. The Morgan fingerprint density at radius 1 is 1.60 bits per heavy atom. The van der Waals surface area contributed by atoms with Crippen molar-refractivity contribution in [2.24, 2.45) is 0 Å².